The van der Waals surface area contributed by atoms with Crippen LogP contribution in [0.15, 0.2) is 30.3 Å². The molecule has 0 heterocycles. The molecule has 0 fully saturated rings. The third-order valence-electron chi connectivity index (χ3n) is 2.84. The average Bonchev–Trinajstić information content (AvgIpc) is 2.43. The zero-order valence-corrected chi connectivity index (χ0v) is 11.8. The maximum absolute atomic E-state index is 11.4. The highest BCUT2D eigenvalue weighted by Gasteiger charge is 2.04. The number of benzene rings is 1. The Hall–Kier alpha value is -1.35. The van der Waals surface area contributed by atoms with Crippen molar-refractivity contribution >= 4 is 5.97 Å². The number of hydrogen-bond acceptors (Lipinski definition) is 3. The van der Waals surface area contributed by atoms with Crippen LogP contribution in [0.4, 0.5) is 0 Å². The van der Waals surface area contributed by atoms with Gasteiger partial charge in [-0.05, 0) is 18.6 Å². The van der Waals surface area contributed by atoms with Gasteiger partial charge in [0.15, 0.2) is 0 Å². The highest BCUT2D eigenvalue weighted by molar-refractivity contribution is 5.73. The van der Waals surface area contributed by atoms with Crippen molar-refractivity contribution in [3.63, 3.8) is 0 Å². The van der Waals surface area contributed by atoms with Gasteiger partial charge in [-0.2, -0.15) is 0 Å². The molecule has 0 bridgehead atoms. The van der Waals surface area contributed by atoms with E-state index in [0.29, 0.717) is 12.4 Å². The van der Waals surface area contributed by atoms with Crippen molar-refractivity contribution in [2.45, 2.75) is 45.4 Å². The second kappa shape index (κ2) is 10.6. The molecule has 0 aromatic heterocycles. The van der Waals surface area contributed by atoms with E-state index in [1.54, 1.807) is 12.1 Å². The van der Waals surface area contributed by atoms with Crippen molar-refractivity contribution in [1.29, 1.82) is 0 Å². The van der Waals surface area contributed by atoms with E-state index in [4.69, 9.17) is 9.47 Å². The number of hydrogen-bond donors (Lipinski definition) is 0. The van der Waals surface area contributed by atoms with E-state index in [2.05, 4.69) is 6.92 Å². The minimum absolute atomic E-state index is 0.0316. The molecule has 1 aromatic rings. The van der Waals surface area contributed by atoms with E-state index in [-0.39, 0.29) is 12.6 Å². The summed E-state index contributed by atoms with van der Waals surface area (Å²) in [4.78, 5) is 11.4. The van der Waals surface area contributed by atoms with Gasteiger partial charge in [0.2, 0.25) is 0 Å². The van der Waals surface area contributed by atoms with Gasteiger partial charge >= 0.3 is 5.97 Å². The summed E-state index contributed by atoms with van der Waals surface area (Å²) < 4.78 is 10.4. The lowest BCUT2D eigenvalue weighted by Crippen LogP contribution is -2.16. The van der Waals surface area contributed by atoms with Crippen LogP contribution in [0.3, 0.4) is 0 Å². The van der Waals surface area contributed by atoms with E-state index in [1.165, 1.54) is 32.1 Å². The second-order valence-electron chi connectivity index (χ2n) is 4.61. The standard InChI is InChI=1S/C16H24O3/c1-2-3-4-5-6-10-13-18-14-16(17)19-15-11-8-7-9-12-15/h7-9,11-12H,2-6,10,13-14H2,1H3. The summed E-state index contributed by atoms with van der Waals surface area (Å²) in [7, 11) is 0. The molecule has 0 saturated carbocycles. The summed E-state index contributed by atoms with van der Waals surface area (Å²) in [6, 6.07) is 9.06. The lowest BCUT2D eigenvalue weighted by Gasteiger charge is -2.05. The van der Waals surface area contributed by atoms with Crippen molar-refractivity contribution in [3.05, 3.63) is 30.3 Å². The molecule has 0 saturated heterocycles. The number of rotatable bonds is 10. The molecule has 0 radical (unpaired) electrons. The van der Waals surface area contributed by atoms with Gasteiger partial charge < -0.3 is 9.47 Å². The predicted molar refractivity (Wildman–Crippen MR) is 76.3 cm³/mol. The lowest BCUT2D eigenvalue weighted by molar-refractivity contribution is -0.139. The number of para-hydroxylation sites is 1. The summed E-state index contributed by atoms with van der Waals surface area (Å²) in [5, 5.41) is 0. The van der Waals surface area contributed by atoms with E-state index < -0.39 is 0 Å². The smallest absolute Gasteiger partial charge is 0.337 e. The molecule has 1 rings (SSSR count). The van der Waals surface area contributed by atoms with Crippen LogP contribution < -0.4 is 4.74 Å². The molecule has 0 aliphatic rings. The number of carbonyl (C=O) groups is 1. The Labute approximate surface area is 115 Å². The molecule has 3 heteroatoms. The van der Waals surface area contributed by atoms with Crippen molar-refractivity contribution in [2.24, 2.45) is 0 Å². The van der Waals surface area contributed by atoms with E-state index in [1.807, 2.05) is 18.2 Å². The Morgan fingerprint density at radius 1 is 1.00 bits per heavy atom. The van der Waals surface area contributed by atoms with Crippen LogP contribution in [0.2, 0.25) is 0 Å². The first kappa shape index (κ1) is 15.7. The summed E-state index contributed by atoms with van der Waals surface area (Å²) >= 11 is 0. The first-order valence-electron chi connectivity index (χ1n) is 7.16. The normalized spacial score (nSPS) is 10.4. The van der Waals surface area contributed by atoms with Gasteiger partial charge in [0.25, 0.3) is 0 Å². The first-order valence-corrected chi connectivity index (χ1v) is 7.16. The molecule has 106 valence electrons. The topological polar surface area (TPSA) is 35.5 Å². The average molecular weight is 264 g/mol. The lowest BCUT2D eigenvalue weighted by atomic mass is 10.1. The molecule has 0 spiro atoms. The summed E-state index contributed by atoms with van der Waals surface area (Å²) in [5.74, 6) is 0.229. The minimum atomic E-state index is -0.336. The Bertz CT molecular complexity index is 335. The number of carbonyl (C=O) groups excluding carboxylic acids is 1. The molecule has 0 aliphatic carbocycles. The van der Waals surface area contributed by atoms with Crippen molar-refractivity contribution in [1.82, 2.24) is 0 Å². The monoisotopic (exact) mass is 264 g/mol. The summed E-state index contributed by atoms with van der Waals surface area (Å²) in [6.45, 7) is 2.88. The third kappa shape index (κ3) is 8.38. The Morgan fingerprint density at radius 3 is 2.42 bits per heavy atom. The Morgan fingerprint density at radius 2 is 1.68 bits per heavy atom. The predicted octanol–water partition coefficient (Wildman–Crippen LogP) is 3.97. The molecule has 3 nitrogen and oxygen atoms in total. The molecule has 1 aromatic carbocycles. The van der Waals surface area contributed by atoms with E-state index in [9.17, 15) is 4.79 Å². The fourth-order valence-corrected chi connectivity index (χ4v) is 1.79. The van der Waals surface area contributed by atoms with Crippen LogP contribution in [0.5, 0.6) is 5.75 Å². The fraction of sp³-hybridized carbons (Fsp3) is 0.562. The summed E-state index contributed by atoms with van der Waals surface area (Å²) in [6.07, 6.45) is 7.32. The van der Waals surface area contributed by atoms with Gasteiger partial charge in [-0.3, -0.25) is 0 Å². The van der Waals surface area contributed by atoms with Crippen LogP contribution in [-0.4, -0.2) is 19.2 Å². The SMILES string of the molecule is CCCCCCCCOCC(=O)Oc1ccccc1. The molecule has 0 atom stereocenters. The summed E-state index contributed by atoms with van der Waals surface area (Å²) in [5.41, 5.74) is 0. The van der Waals surface area contributed by atoms with Crippen molar-refractivity contribution in [3.8, 4) is 5.75 Å². The maximum atomic E-state index is 11.4. The van der Waals surface area contributed by atoms with Crippen molar-refractivity contribution in [2.75, 3.05) is 13.2 Å². The van der Waals surface area contributed by atoms with Crippen LogP contribution in [0.25, 0.3) is 0 Å². The molecular weight excluding hydrogens is 240 g/mol. The minimum Gasteiger partial charge on any atom is -0.425 e. The molecule has 0 unspecified atom stereocenters. The van der Waals surface area contributed by atoms with Gasteiger partial charge in [-0.15, -0.1) is 0 Å². The highest BCUT2D eigenvalue weighted by Crippen LogP contribution is 2.08. The number of ether oxygens (including phenoxy) is 2. The zero-order valence-electron chi connectivity index (χ0n) is 11.8. The molecule has 19 heavy (non-hydrogen) atoms. The maximum Gasteiger partial charge on any atom is 0.337 e. The van der Waals surface area contributed by atoms with Gasteiger partial charge in [0, 0.05) is 6.61 Å². The van der Waals surface area contributed by atoms with Crippen LogP contribution in [0, 0.1) is 0 Å². The second-order valence-corrected chi connectivity index (χ2v) is 4.61. The largest absolute Gasteiger partial charge is 0.425 e. The van der Waals surface area contributed by atoms with Gasteiger partial charge in [0.05, 0.1) is 0 Å². The quantitative estimate of drug-likeness (QED) is 0.364. The molecule has 0 amide bonds. The fourth-order valence-electron chi connectivity index (χ4n) is 1.79. The zero-order chi connectivity index (χ0) is 13.8. The third-order valence-corrected chi connectivity index (χ3v) is 2.84. The van der Waals surface area contributed by atoms with E-state index in [0.717, 1.165) is 6.42 Å². The van der Waals surface area contributed by atoms with Crippen molar-refractivity contribution < 1.29 is 14.3 Å². The highest BCUT2D eigenvalue weighted by atomic mass is 16.6. The number of unbranched alkanes of at least 4 members (excludes halogenated alkanes) is 5. The van der Waals surface area contributed by atoms with Gasteiger partial charge in [0.1, 0.15) is 12.4 Å². The Balaban J connectivity index is 1.96. The molecule has 0 N–H and O–H groups in total. The van der Waals surface area contributed by atoms with Crippen LogP contribution in [0.1, 0.15) is 45.4 Å². The van der Waals surface area contributed by atoms with Crippen LogP contribution in [-0.2, 0) is 9.53 Å². The molecule has 0 aliphatic heterocycles. The van der Waals surface area contributed by atoms with Gasteiger partial charge in [-0.25, -0.2) is 4.79 Å². The first-order chi connectivity index (χ1) is 9.33. The molecular formula is C16H24O3. The van der Waals surface area contributed by atoms with Crippen LogP contribution >= 0.6 is 0 Å². The number of esters is 1. The van der Waals surface area contributed by atoms with E-state index >= 15 is 0 Å². The Kier molecular flexibility index (Phi) is 8.73. The van der Waals surface area contributed by atoms with Gasteiger partial charge in [-0.1, -0.05) is 57.2 Å².